The number of amides is 1. The molecule has 10 nitrogen and oxygen atoms in total. The first-order valence-electron chi connectivity index (χ1n) is 10.3. The van der Waals surface area contributed by atoms with Crippen molar-refractivity contribution in [2.75, 3.05) is 45.8 Å². The van der Waals surface area contributed by atoms with Crippen LogP contribution in [-0.4, -0.2) is 69.4 Å². The van der Waals surface area contributed by atoms with Crippen molar-refractivity contribution in [3.8, 4) is 0 Å². The summed E-state index contributed by atoms with van der Waals surface area (Å²) in [6.07, 6.45) is 0.276. The van der Waals surface area contributed by atoms with Crippen LogP contribution < -0.4 is 5.32 Å². The quantitative estimate of drug-likeness (QED) is 0.409. The molecule has 1 heterocycles. The molecule has 0 unspecified atom stereocenters. The molecule has 0 spiro atoms. The van der Waals surface area contributed by atoms with Gasteiger partial charge in [0.1, 0.15) is 5.82 Å². The van der Waals surface area contributed by atoms with Gasteiger partial charge in [-0.3, -0.25) is 10.1 Å². The highest BCUT2D eigenvalue weighted by molar-refractivity contribution is 7.89. The Kier molecular flexibility index (Phi) is 8.82. The van der Waals surface area contributed by atoms with E-state index in [2.05, 4.69) is 15.5 Å². The maximum Gasteiger partial charge on any atom is 0.322 e. The minimum Gasteiger partial charge on any atom is -0.407 e. The number of benzene rings is 2. The van der Waals surface area contributed by atoms with Gasteiger partial charge in [-0.05, 0) is 42.0 Å². The fourth-order valence-electron chi connectivity index (χ4n) is 2.99. The van der Waals surface area contributed by atoms with Crippen LogP contribution in [0.1, 0.15) is 21.8 Å². The van der Waals surface area contributed by atoms with E-state index in [1.165, 1.54) is 54.9 Å². The summed E-state index contributed by atoms with van der Waals surface area (Å²) in [4.78, 5) is 12.6. The number of nitrogens with zero attached hydrogens (tertiary/aromatic N) is 3. The molecule has 12 heteroatoms. The molecule has 0 radical (unpaired) electrons. The maximum atomic E-state index is 13.0. The number of rotatable bonds is 12. The highest BCUT2D eigenvalue weighted by atomic mass is 32.2. The van der Waals surface area contributed by atoms with Crippen molar-refractivity contribution in [2.24, 2.45) is 0 Å². The molecule has 0 saturated carbocycles. The Balaban J connectivity index is 1.65. The first-order valence-corrected chi connectivity index (χ1v) is 11.7. The first kappa shape index (κ1) is 25.4. The number of nitrogens with one attached hydrogen (secondary N) is 1. The van der Waals surface area contributed by atoms with E-state index in [0.29, 0.717) is 0 Å². The lowest BCUT2D eigenvalue weighted by Gasteiger charge is -2.21. The van der Waals surface area contributed by atoms with Crippen LogP contribution in [0.4, 0.5) is 10.4 Å². The number of carbonyl (C=O) groups excluding carboxylic acids is 1. The number of hydrogen-bond donors (Lipinski definition) is 1. The molecule has 0 aliphatic carbocycles. The minimum atomic E-state index is -3.80. The molecule has 1 amide bonds. The number of sulfonamides is 1. The second-order valence-electron chi connectivity index (χ2n) is 7.17. The Hall–Kier alpha value is -3.19. The molecule has 3 rings (SSSR count). The summed E-state index contributed by atoms with van der Waals surface area (Å²) in [5, 5.41) is 10.1. The topological polar surface area (TPSA) is 124 Å². The molecule has 1 aromatic heterocycles. The van der Waals surface area contributed by atoms with Crippen LogP contribution in [0.15, 0.2) is 57.8 Å². The average molecular weight is 493 g/mol. The summed E-state index contributed by atoms with van der Waals surface area (Å²) in [6, 6.07) is 11.2. The second-order valence-corrected chi connectivity index (χ2v) is 9.11. The fraction of sp³-hybridized carbons (Fsp3) is 0.318. The Morgan fingerprint density at radius 2 is 1.62 bits per heavy atom. The SMILES string of the molecule is COCCN(CCOC)S(=O)(=O)c1ccc(C(=O)Nc2nnc(Cc3ccc(F)cc3)o2)cc1. The lowest BCUT2D eigenvalue weighted by molar-refractivity contribution is 0.102. The molecule has 0 bridgehead atoms. The van der Waals surface area contributed by atoms with Crippen LogP contribution in [0, 0.1) is 5.82 Å². The van der Waals surface area contributed by atoms with E-state index >= 15 is 0 Å². The zero-order valence-corrected chi connectivity index (χ0v) is 19.5. The van der Waals surface area contributed by atoms with Gasteiger partial charge in [-0.2, -0.15) is 4.31 Å². The largest absolute Gasteiger partial charge is 0.407 e. The molecule has 0 fully saturated rings. The lowest BCUT2D eigenvalue weighted by atomic mass is 10.1. The predicted octanol–water partition coefficient (Wildman–Crippen LogP) is 2.34. The van der Waals surface area contributed by atoms with E-state index in [1.807, 2.05) is 0 Å². The van der Waals surface area contributed by atoms with Crippen LogP contribution in [0.2, 0.25) is 0 Å². The van der Waals surface area contributed by atoms with E-state index in [-0.39, 0.29) is 60.9 Å². The Morgan fingerprint density at radius 1 is 1.00 bits per heavy atom. The van der Waals surface area contributed by atoms with Crippen molar-refractivity contribution in [1.82, 2.24) is 14.5 Å². The number of methoxy groups -OCH3 is 2. The molecule has 34 heavy (non-hydrogen) atoms. The molecular weight excluding hydrogens is 467 g/mol. The van der Waals surface area contributed by atoms with E-state index in [9.17, 15) is 17.6 Å². The highest BCUT2D eigenvalue weighted by Gasteiger charge is 2.24. The number of anilines is 1. The number of hydrogen-bond acceptors (Lipinski definition) is 8. The molecular formula is C22H25FN4O6S. The summed E-state index contributed by atoms with van der Waals surface area (Å²) in [5.41, 5.74) is 0.974. The summed E-state index contributed by atoms with van der Waals surface area (Å²) in [7, 11) is -0.819. The third-order valence-corrected chi connectivity index (χ3v) is 6.71. The van der Waals surface area contributed by atoms with Crippen molar-refractivity contribution in [3.05, 3.63) is 71.4 Å². The summed E-state index contributed by atoms with van der Waals surface area (Å²) < 4.78 is 55.6. The summed E-state index contributed by atoms with van der Waals surface area (Å²) in [6.45, 7) is 0.803. The third-order valence-electron chi connectivity index (χ3n) is 4.80. The maximum absolute atomic E-state index is 13.0. The zero-order chi connectivity index (χ0) is 24.6. The second kappa shape index (κ2) is 11.8. The monoisotopic (exact) mass is 492 g/mol. The molecule has 0 aliphatic heterocycles. The molecule has 0 atom stereocenters. The molecule has 182 valence electrons. The van der Waals surface area contributed by atoms with Crippen molar-refractivity contribution < 1.29 is 31.5 Å². The van der Waals surface area contributed by atoms with E-state index in [4.69, 9.17) is 13.9 Å². The molecule has 1 N–H and O–H groups in total. The Labute approximate surface area is 196 Å². The standard InChI is InChI=1S/C22H25FN4O6S/c1-31-13-11-27(12-14-32-2)34(29,30)19-9-5-17(6-10-19)21(28)24-22-26-25-20(33-22)15-16-3-7-18(23)8-4-16/h3-10H,11-15H2,1-2H3,(H,24,26,28). The van der Waals surface area contributed by atoms with Gasteiger partial charge in [-0.15, -0.1) is 5.10 Å². The van der Waals surface area contributed by atoms with Crippen molar-refractivity contribution in [3.63, 3.8) is 0 Å². The number of ether oxygens (including phenoxy) is 2. The Morgan fingerprint density at radius 3 is 2.21 bits per heavy atom. The molecule has 0 saturated heterocycles. The highest BCUT2D eigenvalue weighted by Crippen LogP contribution is 2.18. The van der Waals surface area contributed by atoms with Gasteiger partial charge in [0.15, 0.2) is 0 Å². The van der Waals surface area contributed by atoms with E-state index < -0.39 is 15.9 Å². The number of carbonyl (C=O) groups is 1. The molecule has 0 aliphatic rings. The zero-order valence-electron chi connectivity index (χ0n) is 18.7. The van der Waals surface area contributed by atoms with Gasteiger partial charge in [0, 0.05) is 32.9 Å². The van der Waals surface area contributed by atoms with Crippen LogP contribution in [0.3, 0.4) is 0 Å². The Bertz CT molecular complexity index is 1170. The van der Waals surface area contributed by atoms with Crippen molar-refractivity contribution in [1.29, 1.82) is 0 Å². The van der Waals surface area contributed by atoms with Crippen molar-refractivity contribution in [2.45, 2.75) is 11.3 Å². The van der Waals surface area contributed by atoms with Gasteiger partial charge >= 0.3 is 6.01 Å². The van der Waals surface area contributed by atoms with Gasteiger partial charge in [0.2, 0.25) is 15.9 Å². The van der Waals surface area contributed by atoms with Gasteiger partial charge < -0.3 is 13.9 Å². The molecule has 2 aromatic carbocycles. The molecule has 3 aromatic rings. The van der Waals surface area contributed by atoms with Crippen molar-refractivity contribution >= 4 is 21.9 Å². The van der Waals surface area contributed by atoms with Crippen LogP contribution in [-0.2, 0) is 25.9 Å². The van der Waals surface area contributed by atoms with Gasteiger partial charge in [0.05, 0.1) is 24.5 Å². The average Bonchev–Trinajstić information content (AvgIpc) is 3.27. The van der Waals surface area contributed by atoms with E-state index in [0.717, 1.165) is 5.56 Å². The smallest absolute Gasteiger partial charge is 0.322 e. The third kappa shape index (κ3) is 6.67. The normalized spacial score (nSPS) is 11.6. The fourth-order valence-corrected chi connectivity index (χ4v) is 4.40. The first-order chi connectivity index (χ1) is 16.3. The van der Waals surface area contributed by atoms with Crippen LogP contribution in [0.5, 0.6) is 0 Å². The summed E-state index contributed by atoms with van der Waals surface area (Å²) >= 11 is 0. The lowest BCUT2D eigenvalue weighted by Crippen LogP contribution is -2.36. The van der Waals surface area contributed by atoms with Gasteiger partial charge in [-0.25, -0.2) is 12.8 Å². The van der Waals surface area contributed by atoms with Crippen LogP contribution in [0.25, 0.3) is 0 Å². The number of aromatic nitrogens is 2. The van der Waals surface area contributed by atoms with Gasteiger partial charge in [0.25, 0.3) is 5.91 Å². The minimum absolute atomic E-state index is 0.0376. The van der Waals surface area contributed by atoms with Crippen LogP contribution >= 0.6 is 0 Å². The summed E-state index contributed by atoms with van der Waals surface area (Å²) in [5.74, 6) is -0.647. The predicted molar refractivity (Wildman–Crippen MR) is 120 cm³/mol. The number of halogens is 1. The van der Waals surface area contributed by atoms with E-state index in [1.54, 1.807) is 12.1 Å². The van der Waals surface area contributed by atoms with Gasteiger partial charge in [-0.1, -0.05) is 17.2 Å².